The van der Waals surface area contributed by atoms with Gasteiger partial charge in [-0.15, -0.1) is 0 Å². The third kappa shape index (κ3) is 4.29. The molecule has 1 unspecified atom stereocenters. The van der Waals surface area contributed by atoms with Crippen molar-refractivity contribution in [2.45, 2.75) is 59.4 Å². The highest BCUT2D eigenvalue weighted by atomic mass is 15.3. The second-order valence-electron chi connectivity index (χ2n) is 6.77. The molecular formula is C23H31N. The minimum atomic E-state index is 0.520. The number of benzene rings is 1. The lowest BCUT2D eigenvalue weighted by molar-refractivity contribution is 0.399. The van der Waals surface area contributed by atoms with Crippen LogP contribution in [0.5, 0.6) is 0 Å². The highest BCUT2D eigenvalue weighted by molar-refractivity contribution is 5.58. The van der Waals surface area contributed by atoms with E-state index in [9.17, 15) is 0 Å². The van der Waals surface area contributed by atoms with Gasteiger partial charge in [0.25, 0.3) is 0 Å². The molecule has 0 spiro atoms. The monoisotopic (exact) mass is 321 g/mol. The Morgan fingerprint density at radius 1 is 1.21 bits per heavy atom. The van der Waals surface area contributed by atoms with Crippen molar-refractivity contribution in [3.63, 3.8) is 0 Å². The molecule has 1 heteroatoms. The predicted octanol–water partition coefficient (Wildman–Crippen LogP) is 6.34. The number of hydrogen-bond acceptors (Lipinski definition) is 1. The zero-order valence-electron chi connectivity index (χ0n) is 15.7. The molecule has 1 heterocycles. The van der Waals surface area contributed by atoms with Gasteiger partial charge >= 0.3 is 0 Å². The van der Waals surface area contributed by atoms with Gasteiger partial charge in [0.1, 0.15) is 0 Å². The molecule has 1 atom stereocenters. The lowest BCUT2D eigenvalue weighted by atomic mass is 9.94. The van der Waals surface area contributed by atoms with Crippen LogP contribution < -0.4 is 0 Å². The van der Waals surface area contributed by atoms with Gasteiger partial charge in [0, 0.05) is 12.2 Å². The molecule has 0 radical (unpaired) electrons. The number of rotatable bonds is 9. The summed E-state index contributed by atoms with van der Waals surface area (Å²) in [6.45, 7) is 16.9. The first-order valence-electron chi connectivity index (χ1n) is 9.09. The summed E-state index contributed by atoms with van der Waals surface area (Å²) in [5.41, 5.74) is 8.08. The Labute approximate surface area is 148 Å². The summed E-state index contributed by atoms with van der Waals surface area (Å²) in [6.07, 6.45) is 12.8. The Bertz CT molecular complexity index is 676. The Morgan fingerprint density at radius 3 is 2.54 bits per heavy atom. The van der Waals surface area contributed by atoms with Gasteiger partial charge in [-0.25, -0.2) is 0 Å². The van der Waals surface area contributed by atoms with Gasteiger partial charge in [0.05, 0.1) is 5.70 Å². The molecule has 0 bridgehead atoms. The van der Waals surface area contributed by atoms with Gasteiger partial charge in [0.2, 0.25) is 0 Å². The van der Waals surface area contributed by atoms with Crippen molar-refractivity contribution in [1.82, 2.24) is 4.90 Å². The summed E-state index contributed by atoms with van der Waals surface area (Å²) in [5.74, 6) is 0. The van der Waals surface area contributed by atoms with Crippen LogP contribution in [0.3, 0.4) is 0 Å². The number of nitrogens with zero attached hydrogens (tertiary/aromatic N) is 1. The average Bonchev–Trinajstić information content (AvgIpc) is 3.35. The fraction of sp³-hybridized carbons (Fsp3) is 0.391. The van der Waals surface area contributed by atoms with Crippen molar-refractivity contribution >= 4 is 6.08 Å². The highest BCUT2D eigenvalue weighted by Gasteiger charge is 2.29. The van der Waals surface area contributed by atoms with E-state index in [1.165, 1.54) is 33.5 Å². The van der Waals surface area contributed by atoms with Crippen molar-refractivity contribution in [3.05, 3.63) is 77.2 Å². The molecule has 1 aromatic rings. The topological polar surface area (TPSA) is 3.01 Å². The van der Waals surface area contributed by atoms with E-state index < -0.39 is 0 Å². The van der Waals surface area contributed by atoms with E-state index in [0.29, 0.717) is 6.04 Å². The molecule has 0 fully saturated rings. The molecule has 1 aliphatic rings. The third-order valence-electron chi connectivity index (χ3n) is 4.87. The smallest absolute Gasteiger partial charge is 0.0601 e. The first-order chi connectivity index (χ1) is 11.5. The van der Waals surface area contributed by atoms with Crippen molar-refractivity contribution in [2.24, 2.45) is 0 Å². The summed E-state index contributed by atoms with van der Waals surface area (Å²) in [4.78, 5) is 2.42. The van der Waals surface area contributed by atoms with Crippen LogP contribution in [0.1, 0.15) is 55.4 Å². The number of allylic oxidation sites excluding steroid dienone is 3. The molecule has 24 heavy (non-hydrogen) atoms. The molecule has 0 aliphatic carbocycles. The Hall–Kier alpha value is -2.02. The molecule has 0 saturated carbocycles. The van der Waals surface area contributed by atoms with Crippen LogP contribution in [0.15, 0.2) is 54.9 Å². The van der Waals surface area contributed by atoms with Crippen LogP contribution in [-0.4, -0.2) is 10.9 Å². The predicted molar refractivity (Wildman–Crippen MR) is 107 cm³/mol. The third-order valence-corrected chi connectivity index (χ3v) is 4.87. The summed E-state index contributed by atoms with van der Waals surface area (Å²) in [6, 6.07) is 5.17. The normalized spacial score (nSPS) is 14.7. The molecule has 1 aromatic carbocycles. The van der Waals surface area contributed by atoms with Gasteiger partial charge in [-0.1, -0.05) is 63.8 Å². The van der Waals surface area contributed by atoms with Crippen molar-refractivity contribution in [3.8, 4) is 0 Å². The van der Waals surface area contributed by atoms with Crippen LogP contribution in [0, 0.1) is 13.8 Å². The zero-order valence-corrected chi connectivity index (χ0v) is 15.7. The van der Waals surface area contributed by atoms with Crippen LogP contribution in [0.2, 0.25) is 0 Å². The van der Waals surface area contributed by atoms with E-state index in [-0.39, 0.29) is 0 Å². The Morgan fingerprint density at radius 2 is 1.92 bits per heavy atom. The second-order valence-corrected chi connectivity index (χ2v) is 6.77. The summed E-state index contributed by atoms with van der Waals surface area (Å²) < 4.78 is 0. The molecule has 1 nitrogen and oxygen atoms in total. The number of hydrogen-bond donors (Lipinski definition) is 0. The Balaban J connectivity index is 2.17. The lowest BCUT2D eigenvalue weighted by Gasteiger charge is -2.22. The van der Waals surface area contributed by atoms with E-state index in [4.69, 9.17) is 0 Å². The maximum atomic E-state index is 4.23. The van der Waals surface area contributed by atoms with Gasteiger partial charge in [-0.3, -0.25) is 0 Å². The van der Waals surface area contributed by atoms with Gasteiger partial charge in [-0.05, 0) is 60.9 Å². The van der Waals surface area contributed by atoms with Crippen LogP contribution >= 0.6 is 0 Å². The van der Waals surface area contributed by atoms with E-state index in [0.717, 1.165) is 25.7 Å². The minimum absolute atomic E-state index is 0.520. The minimum Gasteiger partial charge on any atom is -0.341 e. The van der Waals surface area contributed by atoms with Crippen LogP contribution in [0.4, 0.5) is 0 Å². The SMILES string of the molecule is C=C/C=C/c1cc(C)c(C)cc1CC(CC)N1C=C1C(=C)CCC. The molecule has 0 N–H and O–H groups in total. The molecule has 2 rings (SSSR count). The number of aryl methyl sites for hydroxylation is 2. The fourth-order valence-electron chi connectivity index (χ4n) is 3.20. The largest absolute Gasteiger partial charge is 0.341 e. The van der Waals surface area contributed by atoms with Crippen molar-refractivity contribution in [1.29, 1.82) is 0 Å². The molecule has 128 valence electrons. The van der Waals surface area contributed by atoms with Crippen LogP contribution in [0.25, 0.3) is 6.08 Å². The van der Waals surface area contributed by atoms with Gasteiger partial charge in [0.15, 0.2) is 0 Å². The van der Waals surface area contributed by atoms with E-state index in [1.807, 2.05) is 12.2 Å². The molecular weight excluding hydrogens is 290 g/mol. The molecule has 0 amide bonds. The zero-order chi connectivity index (χ0) is 17.7. The van der Waals surface area contributed by atoms with E-state index in [2.05, 4.69) is 70.2 Å². The Kier molecular flexibility index (Phi) is 6.25. The summed E-state index contributed by atoms with van der Waals surface area (Å²) in [7, 11) is 0. The van der Waals surface area contributed by atoms with Gasteiger partial charge in [-0.2, -0.15) is 0 Å². The van der Waals surface area contributed by atoms with Crippen molar-refractivity contribution < 1.29 is 0 Å². The van der Waals surface area contributed by atoms with Crippen molar-refractivity contribution in [2.75, 3.05) is 0 Å². The van der Waals surface area contributed by atoms with Gasteiger partial charge < -0.3 is 4.90 Å². The first-order valence-corrected chi connectivity index (χ1v) is 9.09. The highest BCUT2D eigenvalue weighted by Crippen LogP contribution is 2.35. The average molecular weight is 322 g/mol. The van der Waals surface area contributed by atoms with E-state index >= 15 is 0 Å². The standard InChI is InChI=1S/C23H31N/c1-7-10-12-20-13-18(5)19(6)14-21(20)15-22(9-3)24-16-23(24)17(4)11-8-2/h7,10,12-14,16,22H,1,4,8-9,11,15H2,2-3,5-6H3/b12-10+. The lowest BCUT2D eigenvalue weighted by Crippen LogP contribution is -2.22. The van der Waals surface area contributed by atoms with Crippen LogP contribution in [-0.2, 0) is 6.42 Å². The quantitative estimate of drug-likeness (QED) is 0.480. The second kappa shape index (κ2) is 8.19. The molecule has 1 aliphatic heterocycles. The first kappa shape index (κ1) is 18.3. The maximum absolute atomic E-state index is 4.23. The fourth-order valence-corrected chi connectivity index (χ4v) is 3.20. The molecule has 0 saturated heterocycles. The van der Waals surface area contributed by atoms with E-state index in [1.54, 1.807) is 0 Å². The maximum Gasteiger partial charge on any atom is 0.0601 e. The molecule has 0 aromatic heterocycles. The summed E-state index contributed by atoms with van der Waals surface area (Å²) in [5, 5.41) is 0. The summed E-state index contributed by atoms with van der Waals surface area (Å²) >= 11 is 0.